The van der Waals surface area contributed by atoms with Crippen LogP contribution in [0, 0.1) is 5.41 Å². The van der Waals surface area contributed by atoms with Crippen LogP contribution in [0.1, 0.15) is 19.3 Å². The molecule has 0 amide bonds. The Balaban J connectivity index is 1.92. The predicted molar refractivity (Wildman–Crippen MR) is 45.4 cm³/mol. The number of cyclic esters (lactones) is 1. The van der Waals surface area contributed by atoms with E-state index in [0.717, 1.165) is 19.3 Å². The smallest absolute Gasteiger partial charge is 0.314 e. The first-order chi connectivity index (χ1) is 6.22. The van der Waals surface area contributed by atoms with E-state index in [-0.39, 0.29) is 23.6 Å². The summed E-state index contributed by atoms with van der Waals surface area (Å²) in [6, 6.07) is 0. The zero-order valence-corrected chi connectivity index (χ0v) is 8.29. The molecule has 0 N–H and O–H groups in total. The third kappa shape index (κ3) is 0.853. The summed E-state index contributed by atoms with van der Waals surface area (Å²) in [5.74, 6) is -0.0291. The molecule has 13 heavy (non-hydrogen) atoms. The fourth-order valence-electron chi connectivity index (χ4n) is 2.83. The Bertz CT molecular complexity index is 266. The minimum Gasteiger partial charge on any atom is -0.465 e. The lowest BCUT2D eigenvalue weighted by Crippen LogP contribution is -2.37. The molecule has 0 saturated carbocycles. The molecule has 4 unspecified atom stereocenters. The Morgan fingerprint density at radius 2 is 2.38 bits per heavy atom. The number of carbonyl (C=O) groups is 1. The average Bonchev–Trinajstić information content (AvgIpc) is 2.70. The topological polar surface area (TPSA) is 35.5 Å². The molecule has 3 aliphatic rings. The van der Waals surface area contributed by atoms with Crippen molar-refractivity contribution in [1.29, 1.82) is 0 Å². The van der Waals surface area contributed by atoms with E-state index >= 15 is 0 Å². The lowest BCUT2D eigenvalue weighted by atomic mass is 9.73. The molecule has 3 fully saturated rings. The third-order valence-corrected chi connectivity index (χ3v) is 4.23. The number of rotatable bonds is 0. The summed E-state index contributed by atoms with van der Waals surface area (Å²) < 4.78 is 10.8. The molecule has 4 heteroatoms. The van der Waals surface area contributed by atoms with Crippen molar-refractivity contribution in [2.75, 3.05) is 6.61 Å². The van der Waals surface area contributed by atoms with Gasteiger partial charge in [-0.1, -0.05) is 0 Å². The van der Waals surface area contributed by atoms with Gasteiger partial charge in [0.2, 0.25) is 0 Å². The molecule has 69 valence electrons. The highest BCUT2D eigenvalue weighted by Gasteiger charge is 2.61. The van der Waals surface area contributed by atoms with Crippen LogP contribution in [0.5, 0.6) is 0 Å². The van der Waals surface area contributed by atoms with Crippen LogP contribution in [0.4, 0.5) is 0 Å². The molecule has 3 aliphatic heterocycles. The monoisotopic (exact) mass is 195 g/mol. The van der Waals surface area contributed by atoms with Crippen LogP contribution in [-0.2, 0) is 14.3 Å². The van der Waals surface area contributed by atoms with Crippen molar-refractivity contribution in [1.82, 2.24) is 0 Å². The second-order valence-electron chi connectivity index (χ2n) is 4.25. The maximum absolute atomic E-state index is 11.6. The minimum atomic E-state index is -0.270. The standard InChI is InChI=1S/C9H11O3Si/c10-8-9(1-2-11-8)4-5-6(13)3-7(9)12-5/h5-7H,1-4H2. The predicted octanol–water partition coefficient (Wildman–Crippen LogP) is 0.438. The highest BCUT2D eigenvalue weighted by molar-refractivity contribution is 6.12. The van der Waals surface area contributed by atoms with Gasteiger partial charge >= 0.3 is 5.97 Å². The average molecular weight is 195 g/mol. The minimum absolute atomic E-state index is 0.0291. The molecule has 3 saturated heterocycles. The SMILES string of the molecule is O=C1OCCC12CC1OC2CC1[Si]. The zero-order chi connectivity index (χ0) is 9.05. The highest BCUT2D eigenvalue weighted by Crippen LogP contribution is 2.55. The van der Waals surface area contributed by atoms with Crippen LogP contribution in [0.2, 0.25) is 5.54 Å². The van der Waals surface area contributed by atoms with Gasteiger partial charge in [-0.25, -0.2) is 0 Å². The molecule has 3 nitrogen and oxygen atoms in total. The highest BCUT2D eigenvalue weighted by atomic mass is 28.1. The molecule has 3 rings (SSSR count). The van der Waals surface area contributed by atoms with E-state index in [4.69, 9.17) is 9.47 Å². The third-order valence-electron chi connectivity index (χ3n) is 3.63. The van der Waals surface area contributed by atoms with Crippen molar-refractivity contribution < 1.29 is 14.3 Å². The van der Waals surface area contributed by atoms with Crippen molar-refractivity contribution in [3.8, 4) is 0 Å². The van der Waals surface area contributed by atoms with Gasteiger partial charge < -0.3 is 9.47 Å². The summed E-state index contributed by atoms with van der Waals surface area (Å²) in [6.07, 6.45) is 3.00. The van der Waals surface area contributed by atoms with Gasteiger partial charge in [0, 0.05) is 16.7 Å². The van der Waals surface area contributed by atoms with Crippen LogP contribution < -0.4 is 0 Å². The van der Waals surface area contributed by atoms with Gasteiger partial charge in [-0.15, -0.1) is 0 Å². The molecule has 0 aromatic heterocycles. The quantitative estimate of drug-likeness (QED) is 0.415. The van der Waals surface area contributed by atoms with Gasteiger partial charge in [0.15, 0.2) is 0 Å². The lowest BCUT2D eigenvalue weighted by Gasteiger charge is -2.28. The first kappa shape index (κ1) is 8.00. The Hall–Kier alpha value is -0.353. The normalized spacial score (nSPS) is 53.3. The maximum atomic E-state index is 11.6. The Kier molecular flexibility index (Phi) is 1.45. The molecule has 0 aliphatic carbocycles. The van der Waals surface area contributed by atoms with Gasteiger partial charge in [-0.2, -0.15) is 0 Å². The second-order valence-corrected chi connectivity index (χ2v) is 4.99. The molecule has 1 spiro atoms. The Labute approximate surface area is 80.2 Å². The van der Waals surface area contributed by atoms with E-state index in [0.29, 0.717) is 12.1 Å². The summed E-state index contributed by atoms with van der Waals surface area (Å²) in [4.78, 5) is 11.6. The molecule has 3 heterocycles. The zero-order valence-electron chi connectivity index (χ0n) is 7.29. The van der Waals surface area contributed by atoms with Crippen LogP contribution >= 0.6 is 0 Å². The molecule has 0 aromatic rings. The number of carbonyl (C=O) groups excluding carboxylic acids is 1. The summed E-state index contributed by atoms with van der Waals surface area (Å²) in [5.41, 5.74) is 0.164. The van der Waals surface area contributed by atoms with Crippen LogP contribution in [0.25, 0.3) is 0 Å². The second kappa shape index (κ2) is 2.36. The van der Waals surface area contributed by atoms with Crippen molar-refractivity contribution in [2.24, 2.45) is 5.41 Å². The fraction of sp³-hybridized carbons (Fsp3) is 0.889. The van der Waals surface area contributed by atoms with Crippen molar-refractivity contribution in [3.63, 3.8) is 0 Å². The molecular formula is C9H11O3Si. The van der Waals surface area contributed by atoms with Gasteiger partial charge in [-0.05, 0) is 18.4 Å². The Morgan fingerprint density at radius 3 is 2.85 bits per heavy atom. The number of esters is 1. The molecule has 0 aromatic carbocycles. The number of fused-ring (bicyclic) bond motifs is 3. The summed E-state index contributed by atoms with van der Waals surface area (Å²) >= 11 is 0. The largest absolute Gasteiger partial charge is 0.465 e. The molecule has 4 atom stereocenters. The first-order valence-corrected chi connectivity index (χ1v) is 5.34. The number of hydrogen-bond donors (Lipinski definition) is 0. The first-order valence-electron chi connectivity index (χ1n) is 4.76. The van der Waals surface area contributed by atoms with Crippen molar-refractivity contribution in [2.45, 2.75) is 37.0 Å². The van der Waals surface area contributed by atoms with Crippen LogP contribution in [0.3, 0.4) is 0 Å². The lowest BCUT2D eigenvalue weighted by molar-refractivity contribution is -0.148. The maximum Gasteiger partial charge on any atom is 0.314 e. The van der Waals surface area contributed by atoms with Crippen molar-refractivity contribution >= 4 is 16.2 Å². The van der Waals surface area contributed by atoms with E-state index in [2.05, 4.69) is 10.2 Å². The molecular weight excluding hydrogens is 184 g/mol. The molecule has 2 bridgehead atoms. The fourth-order valence-corrected chi connectivity index (χ4v) is 3.24. The summed E-state index contributed by atoms with van der Waals surface area (Å²) in [6.45, 7) is 0.581. The van der Waals surface area contributed by atoms with Gasteiger partial charge in [0.25, 0.3) is 0 Å². The van der Waals surface area contributed by atoms with Gasteiger partial charge in [-0.3, -0.25) is 4.79 Å². The van der Waals surface area contributed by atoms with Crippen molar-refractivity contribution in [3.05, 3.63) is 0 Å². The van der Waals surface area contributed by atoms with Crippen LogP contribution in [0.15, 0.2) is 0 Å². The number of hydrogen-bond acceptors (Lipinski definition) is 3. The van der Waals surface area contributed by atoms with E-state index < -0.39 is 0 Å². The van der Waals surface area contributed by atoms with E-state index in [1.54, 1.807) is 0 Å². The molecule has 3 radical (unpaired) electrons. The van der Waals surface area contributed by atoms with Gasteiger partial charge in [0.1, 0.15) is 0 Å². The van der Waals surface area contributed by atoms with Gasteiger partial charge in [0.05, 0.1) is 24.2 Å². The van der Waals surface area contributed by atoms with Crippen LogP contribution in [-0.4, -0.2) is 35.0 Å². The van der Waals surface area contributed by atoms with E-state index in [1.807, 2.05) is 0 Å². The summed E-state index contributed by atoms with van der Waals surface area (Å²) in [5, 5.41) is 0. The van der Waals surface area contributed by atoms with E-state index in [9.17, 15) is 4.79 Å². The Morgan fingerprint density at radius 1 is 1.54 bits per heavy atom. The number of ether oxygens (including phenoxy) is 2. The summed E-state index contributed by atoms with van der Waals surface area (Å²) in [7, 11) is 3.62. The van der Waals surface area contributed by atoms with E-state index in [1.165, 1.54) is 0 Å².